The first-order valence-corrected chi connectivity index (χ1v) is 13.7. The van der Waals surface area contributed by atoms with E-state index in [1.165, 1.54) is 4.31 Å². The Labute approximate surface area is 203 Å². The highest BCUT2D eigenvalue weighted by Gasteiger charge is 2.31. The van der Waals surface area contributed by atoms with Crippen LogP contribution in [0.4, 0.5) is 11.4 Å². The zero-order chi connectivity index (χ0) is 24.3. The van der Waals surface area contributed by atoms with Crippen molar-refractivity contribution in [2.75, 3.05) is 35.7 Å². The van der Waals surface area contributed by atoms with E-state index in [1.807, 2.05) is 43.2 Å². The Bertz CT molecular complexity index is 1070. The van der Waals surface area contributed by atoms with Gasteiger partial charge in [-0.1, -0.05) is 32.9 Å². The topological polar surface area (TPSA) is 79.3 Å². The molecular weight excluding hydrogens is 452 g/mol. The number of benzene rings is 2. The zero-order valence-electron chi connectivity index (χ0n) is 20.3. The van der Waals surface area contributed by atoms with Gasteiger partial charge in [0, 0.05) is 31.9 Å². The van der Waals surface area contributed by atoms with Crippen LogP contribution in [0.3, 0.4) is 0 Å². The van der Waals surface area contributed by atoms with Gasteiger partial charge in [-0.05, 0) is 67.5 Å². The summed E-state index contributed by atoms with van der Waals surface area (Å²) in [5.41, 5.74) is 3.12. The molecule has 2 aromatic rings. The molecule has 2 aromatic carbocycles. The molecule has 1 unspecified atom stereocenters. The minimum absolute atomic E-state index is 0.0628. The number of hydrogen-bond donors (Lipinski definition) is 1. The van der Waals surface area contributed by atoms with Crippen molar-refractivity contribution in [3.05, 3.63) is 53.6 Å². The summed E-state index contributed by atoms with van der Waals surface area (Å²) < 4.78 is 34.5. The van der Waals surface area contributed by atoms with E-state index < -0.39 is 16.1 Å². The maximum Gasteiger partial charge on any atom is 0.264 e. The number of ether oxygens (including phenoxy) is 1. The van der Waals surface area contributed by atoms with Gasteiger partial charge in [0.15, 0.2) is 0 Å². The van der Waals surface area contributed by atoms with E-state index in [1.54, 1.807) is 18.2 Å². The van der Waals surface area contributed by atoms with Crippen LogP contribution in [0, 0.1) is 5.92 Å². The minimum atomic E-state index is -3.82. The van der Waals surface area contributed by atoms with E-state index in [9.17, 15) is 13.5 Å². The molecule has 0 aromatic heterocycles. The summed E-state index contributed by atoms with van der Waals surface area (Å²) in [7, 11) is -3.82. The summed E-state index contributed by atoms with van der Waals surface area (Å²) in [5.74, 6) is 0.146. The number of nitrogens with zero attached hydrogens (tertiary/aromatic N) is 2. The van der Waals surface area contributed by atoms with E-state index in [2.05, 4.69) is 6.92 Å². The number of anilines is 2. The lowest BCUT2D eigenvalue weighted by Crippen LogP contribution is -2.38. The Hall–Kier alpha value is -2.13. The Balaban J connectivity index is 1.65. The van der Waals surface area contributed by atoms with Crippen LogP contribution in [0.15, 0.2) is 47.4 Å². The first-order chi connectivity index (χ1) is 16.3. The zero-order valence-corrected chi connectivity index (χ0v) is 21.1. The van der Waals surface area contributed by atoms with Crippen molar-refractivity contribution in [2.24, 2.45) is 5.92 Å². The van der Waals surface area contributed by atoms with Crippen molar-refractivity contribution in [2.45, 2.75) is 63.6 Å². The highest BCUT2D eigenvalue weighted by Crippen LogP contribution is 2.37. The Morgan fingerprint density at radius 1 is 1.12 bits per heavy atom. The van der Waals surface area contributed by atoms with Crippen LogP contribution >= 0.6 is 0 Å². The van der Waals surface area contributed by atoms with E-state index in [4.69, 9.17) is 9.57 Å². The molecule has 0 amide bonds. The Kier molecular flexibility index (Phi) is 7.82. The lowest BCUT2D eigenvalue weighted by Gasteiger charge is -2.36. The highest BCUT2D eigenvalue weighted by atomic mass is 32.2. The lowest BCUT2D eigenvalue weighted by atomic mass is 10.0. The van der Waals surface area contributed by atoms with Gasteiger partial charge in [0.2, 0.25) is 0 Å². The molecule has 2 heterocycles. The molecular formula is C26H36N2O5S. The Morgan fingerprint density at radius 2 is 1.82 bits per heavy atom. The molecule has 0 aliphatic carbocycles. The normalized spacial score (nSPS) is 19.3. The number of aryl methyl sites for hydroxylation is 1. The van der Waals surface area contributed by atoms with E-state index in [0.29, 0.717) is 44.0 Å². The second-order valence-corrected chi connectivity index (χ2v) is 11.4. The predicted molar refractivity (Wildman–Crippen MR) is 133 cm³/mol. The molecule has 8 heteroatoms. The third kappa shape index (κ3) is 5.40. The predicted octanol–water partition coefficient (Wildman–Crippen LogP) is 4.45. The summed E-state index contributed by atoms with van der Waals surface area (Å²) in [6.45, 7) is 8.36. The van der Waals surface area contributed by atoms with Gasteiger partial charge in [-0.25, -0.2) is 8.42 Å². The van der Waals surface area contributed by atoms with Gasteiger partial charge in [0.25, 0.3) is 10.0 Å². The SMILES string of the molecule is CCc1ccc(N(CC(C)C)S(=O)(=O)c2ccc3c(c2)C(O)CCN3OC2CCOCC2)cc1. The van der Waals surface area contributed by atoms with E-state index in [-0.39, 0.29) is 16.9 Å². The number of sulfonamides is 1. The molecule has 1 N–H and O–H groups in total. The lowest BCUT2D eigenvalue weighted by molar-refractivity contribution is -0.0470. The van der Waals surface area contributed by atoms with Crippen molar-refractivity contribution < 1.29 is 23.1 Å². The summed E-state index contributed by atoms with van der Waals surface area (Å²) in [5, 5.41) is 12.5. The summed E-state index contributed by atoms with van der Waals surface area (Å²) >= 11 is 0. The summed E-state index contributed by atoms with van der Waals surface area (Å²) in [4.78, 5) is 6.39. The maximum absolute atomic E-state index is 13.8. The van der Waals surface area contributed by atoms with Crippen LogP contribution < -0.4 is 9.37 Å². The average Bonchev–Trinajstić information content (AvgIpc) is 2.84. The van der Waals surface area contributed by atoms with Gasteiger partial charge in [0.05, 0.1) is 28.5 Å². The molecule has 0 bridgehead atoms. The maximum atomic E-state index is 13.8. The van der Waals surface area contributed by atoms with Gasteiger partial charge < -0.3 is 9.84 Å². The number of hydroxylamine groups is 1. The number of aliphatic hydroxyl groups is 1. The van der Waals surface area contributed by atoms with Gasteiger partial charge in [-0.2, -0.15) is 0 Å². The molecule has 2 aliphatic rings. The summed E-state index contributed by atoms with van der Waals surface area (Å²) in [6.07, 6.45) is 2.35. The van der Waals surface area contributed by atoms with Crippen molar-refractivity contribution in [3.8, 4) is 0 Å². The number of aliphatic hydroxyl groups excluding tert-OH is 1. The number of fused-ring (bicyclic) bond motifs is 1. The van der Waals surface area contributed by atoms with Crippen LogP contribution in [0.5, 0.6) is 0 Å². The van der Waals surface area contributed by atoms with Crippen LogP contribution in [0.2, 0.25) is 0 Å². The van der Waals surface area contributed by atoms with E-state index >= 15 is 0 Å². The molecule has 1 saturated heterocycles. The van der Waals surface area contributed by atoms with Crippen molar-refractivity contribution in [1.82, 2.24) is 0 Å². The molecule has 1 atom stereocenters. The number of hydrogen-bond acceptors (Lipinski definition) is 6. The molecule has 186 valence electrons. The first kappa shape index (κ1) is 25.0. The van der Waals surface area contributed by atoms with Crippen molar-refractivity contribution in [1.29, 1.82) is 0 Å². The standard InChI is InChI=1S/C26H36N2O5S/c1-4-20-5-7-21(8-6-20)28(18-19(2)3)34(30,31)23-9-10-25-24(17-23)26(29)11-14-27(25)33-22-12-15-32-16-13-22/h5-10,17,19,22,26,29H,4,11-16,18H2,1-3H3. The fourth-order valence-electron chi connectivity index (χ4n) is 4.47. The molecule has 0 spiro atoms. The summed E-state index contributed by atoms with van der Waals surface area (Å²) in [6, 6.07) is 12.7. The van der Waals surface area contributed by atoms with Crippen LogP contribution in [0.1, 0.15) is 57.3 Å². The third-order valence-electron chi connectivity index (χ3n) is 6.43. The smallest absolute Gasteiger partial charge is 0.264 e. The van der Waals surface area contributed by atoms with Gasteiger partial charge >= 0.3 is 0 Å². The second kappa shape index (κ2) is 10.6. The molecule has 2 aliphatic heterocycles. The molecule has 34 heavy (non-hydrogen) atoms. The van der Waals surface area contributed by atoms with Crippen LogP contribution in [-0.4, -0.2) is 45.9 Å². The third-order valence-corrected chi connectivity index (χ3v) is 8.22. The molecule has 4 rings (SSSR count). The molecule has 7 nitrogen and oxygen atoms in total. The first-order valence-electron chi connectivity index (χ1n) is 12.2. The van der Waals surface area contributed by atoms with E-state index in [0.717, 1.165) is 30.5 Å². The van der Waals surface area contributed by atoms with Crippen LogP contribution in [0.25, 0.3) is 0 Å². The van der Waals surface area contributed by atoms with Crippen LogP contribution in [-0.2, 0) is 26.0 Å². The number of rotatable bonds is 8. The molecule has 1 fully saturated rings. The van der Waals surface area contributed by atoms with Gasteiger partial charge in [-0.15, -0.1) is 0 Å². The second-order valence-electron chi connectivity index (χ2n) is 9.49. The average molecular weight is 489 g/mol. The largest absolute Gasteiger partial charge is 0.388 e. The minimum Gasteiger partial charge on any atom is -0.388 e. The molecule has 0 saturated carbocycles. The van der Waals surface area contributed by atoms with Gasteiger partial charge in [0.1, 0.15) is 0 Å². The Morgan fingerprint density at radius 3 is 2.47 bits per heavy atom. The quantitative estimate of drug-likeness (QED) is 0.591. The fraction of sp³-hybridized carbons (Fsp3) is 0.538. The highest BCUT2D eigenvalue weighted by molar-refractivity contribution is 7.92. The van der Waals surface area contributed by atoms with Crippen molar-refractivity contribution >= 4 is 21.4 Å². The fourth-order valence-corrected chi connectivity index (χ4v) is 6.14. The molecule has 0 radical (unpaired) electrons. The van der Waals surface area contributed by atoms with Gasteiger partial charge in [-0.3, -0.25) is 14.2 Å². The monoisotopic (exact) mass is 488 g/mol. The van der Waals surface area contributed by atoms with Crippen molar-refractivity contribution in [3.63, 3.8) is 0 Å².